The van der Waals surface area contributed by atoms with Crippen molar-refractivity contribution < 1.29 is 38.2 Å². The van der Waals surface area contributed by atoms with Crippen molar-refractivity contribution in [2.24, 2.45) is 0 Å². The molecule has 16 heteroatoms. The van der Waals surface area contributed by atoms with Gasteiger partial charge in [-0.2, -0.15) is 0 Å². The third-order valence-corrected chi connectivity index (χ3v) is 17.0. The molecule has 0 aliphatic heterocycles. The second-order valence-electron chi connectivity index (χ2n) is 25.7. The number of carbonyl (C=O) groups excluding carboxylic acids is 6. The zero-order valence-electron chi connectivity index (χ0n) is 58.5. The number of carbonyl (C=O) groups is 6. The van der Waals surface area contributed by atoms with Crippen LogP contribution in [0.4, 0.5) is 0 Å². The van der Waals surface area contributed by atoms with Crippen molar-refractivity contribution in [3.8, 4) is 0 Å². The molecule has 0 aromatic rings. The van der Waals surface area contributed by atoms with Gasteiger partial charge in [-0.15, -0.1) is 0 Å². The maximum absolute atomic E-state index is 13.1. The van der Waals surface area contributed by atoms with Crippen LogP contribution in [-0.2, 0) is 38.2 Å². The average Bonchev–Trinajstić information content (AvgIpc) is 3.57. The van der Waals surface area contributed by atoms with E-state index in [1.807, 2.05) is 23.9 Å². The summed E-state index contributed by atoms with van der Waals surface area (Å²) < 4.78 is 11.2. The maximum Gasteiger partial charge on any atom is 0.307 e. The fourth-order valence-electron chi connectivity index (χ4n) is 11.0. The molecule has 0 atom stereocenters. The molecule has 0 rings (SSSR count). The van der Waals surface area contributed by atoms with E-state index in [0.717, 1.165) is 64.5 Å². The lowest BCUT2D eigenvalue weighted by molar-refractivity contribution is -0.145. The van der Waals surface area contributed by atoms with Crippen LogP contribution in [0.2, 0.25) is 0 Å². The molecule has 88 heavy (non-hydrogen) atoms. The third-order valence-electron chi connectivity index (χ3n) is 17.0. The predicted octanol–water partition coefficient (Wildman–Crippen LogP) is 14.2. The molecule has 0 aliphatic carbocycles. The van der Waals surface area contributed by atoms with Gasteiger partial charge in [0.25, 0.3) is 0 Å². The molecule has 0 heterocycles. The minimum atomic E-state index is -0.250. The van der Waals surface area contributed by atoms with E-state index in [0.29, 0.717) is 91.5 Å². The SMILES string of the molecule is CCCCCCCCCCCCNC(=O)CN(CCNC(=O)CCN(C)CCN(C)CCC(=O)NCCN(CCC(=O)OCCCCCCCCCCCC)CC(=O)NCCCCCCCCCCCC)CCC(=O)OCCCCCCCCCCCC. The highest BCUT2D eigenvalue weighted by atomic mass is 16.5. The lowest BCUT2D eigenvalue weighted by Crippen LogP contribution is -2.43. The Morgan fingerprint density at radius 2 is 0.511 bits per heavy atom. The van der Waals surface area contributed by atoms with Gasteiger partial charge in [0.15, 0.2) is 0 Å². The summed E-state index contributed by atoms with van der Waals surface area (Å²) in [7, 11) is 3.98. The zero-order valence-corrected chi connectivity index (χ0v) is 58.5. The highest BCUT2D eigenvalue weighted by Crippen LogP contribution is 2.14. The van der Waals surface area contributed by atoms with Crippen LogP contribution >= 0.6 is 0 Å². The topological polar surface area (TPSA) is 182 Å². The number of likely N-dealkylation sites (N-methyl/N-ethyl adjacent to an activating group) is 2. The smallest absolute Gasteiger partial charge is 0.307 e. The van der Waals surface area contributed by atoms with E-state index in [-0.39, 0.29) is 61.5 Å². The van der Waals surface area contributed by atoms with E-state index >= 15 is 0 Å². The lowest BCUT2D eigenvalue weighted by atomic mass is 10.1. The minimum Gasteiger partial charge on any atom is -0.466 e. The van der Waals surface area contributed by atoms with Gasteiger partial charge < -0.3 is 40.5 Å². The summed E-state index contributed by atoms with van der Waals surface area (Å²) in [5.41, 5.74) is 0. The van der Waals surface area contributed by atoms with Crippen molar-refractivity contribution in [1.82, 2.24) is 40.9 Å². The largest absolute Gasteiger partial charge is 0.466 e. The summed E-state index contributed by atoms with van der Waals surface area (Å²) in [5, 5.41) is 12.2. The van der Waals surface area contributed by atoms with Crippen LogP contribution in [0.15, 0.2) is 0 Å². The number of amides is 4. The van der Waals surface area contributed by atoms with E-state index in [1.54, 1.807) is 0 Å². The number of hydrogen-bond donors (Lipinski definition) is 4. The zero-order chi connectivity index (χ0) is 64.4. The number of ether oxygens (including phenoxy) is 2. The molecular formula is C72H142N8O8. The van der Waals surface area contributed by atoms with Gasteiger partial charge in [-0.1, -0.05) is 259 Å². The highest BCUT2D eigenvalue weighted by Gasteiger charge is 2.17. The van der Waals surface area contributed by atoms with E-state index in [9.17, 15) is 28.8 Å². The maximum atomic E-state index is 13.1. The van der Waals surface area contributed by atoms with Gasteiger partial charge in [0.1, 0.15) is 0 Å². The second-order valence-corrected chi connectivity index (χ2v) is 25.7. The molecule has 0 spiro atoms. The Morgan fingerprint density at radius 3 is 0.795 bits per heavy atom. The van der Waals surface area contributed by atoms with Crippen LogP contribution < -0.4 is 21.3 Å². The van der Waals surface area contributed by atoms with Crippen molar-refractivity contribution in [3.63, 3.8) is 0 Å². The van der Waals surface area contributed by atoms with Crippen molar-refractivity contribution in [2.45, 2.75) is 310 Å². The molecule has 0 saturated heterocycles. The van der Waals surface area contributed by atoms with Crippen LogP contribution in [0.1, 0.15) is 310 Å². The molecule has 0 radical (unpaired) electrons. The van der Waals surface area contributed by atoms with Crippen LogP contribution in [0.5, 0.6) is 0 Å². The van der Waals surface area contributed by atoms with Crippen molar-refractivity contribution >= 4 is 35.6 Å². The Hall–Kier alpha value is -3.34. The molecule has 0 aromatic heterocycles. The van der Waals surface area contributed by atoms with E-state index < -0.39 is 0 Å². The monoisotopic (exact) mass is 1250 g/mol. The van der Waals surface area contributed by atoms with E-state index in [2.05, 4.69) is 58.8 Å². The molecule has 0 aliphatic rings. The summed E-state index contributed by atoms with van der Waals surface area (Å²) in [5.74, 6) is -0.769. The second kappa shape index (κ2) is 66.6. The van der Waals surface area contributed by atoms with E-state index in [1.165, 1.54) is 205 Å². The fourth-order valence-corrected chi connectivity index (χ4v) is 11.0. The standard InChI is InChI=1S/C72H142N8O8/c1-7-11-15-19-23-27-31-35-39-43-51-73-69(83)65-79(57-49-71(85)87-63-45-41-37-33-29-25-21-17-13-9-3)59-53-75-67(81)47-55-77(5)61-62-78(6)56-48-68(82)76-54-60-80(66-70(84)74-52-44-40-36-32-28-24-20-16-12-8-2)58-50-72(86)88-64-46-42-38-34-30-26-22-18-14-10-4/h7-66H2,1-6H3,(H,73,83)(H,74,84)(H,75,81)(H,76,82). The molecule has 0 unspecified atom stereocenters. The summed E-state index contributed by atoms with van der Waals surface area (Å²) >= 11 is 0. The Balaban J connectivity index is 4.87. The first-order valence-corrected chi connectivity index (χ1v) is 37.1. The van der Waals surface area contributed by atoms with Gasteiger partial charge >= 0.3 is 11.9 Å². The van der Waals surface area contributed by atoms with Gasteiger partial charge in [0.05, 0.1) is 39.1 Å². The highest BCUT2D eigenvalue weighted by molar-refractivity contribution is 5.79. The van der Waals surface area contributed by atoms with E-state index in [4.69, 9.17) is 9.47 Å². The Morgan fingerprint density at radius 1 is 0.261 bits per heavy atom. The van der Waals surface area contributed by atoms with Gasteiger partial charge in [-0.05, 0) is 39.8 Å². The van der Waals surface area contributed by atoms with Gasteiger partial charge in [0, 0.05) is 91.4 Å². The number of unbranched alkanes of at least 4 members (excludes halogenated alkanes) is 36. The first-order valence-electron chi connectivity index (χ1n) is 37.1. The van der Waals surface area contributed by atoms with Crippen LogP contribution in [0.25, 0.3) is 0 Å². The average molecular weight is 1250 g/mol. The van der Waals surface area contributed by atoms with Gasteiger partial charge in [-0.25, -0.2) is 0 Å². The molecular weight excluding hydrogens is 1100 g/mol. The number of rotatable bonds is 69. The minimum absolute atomic E-state index is 0.0662. The first kappa shape index (κ1) is 84.7. The molecule has 4 N–H and O–H groups in total. The number of hydrogen-bond acceptors (Lipinski definition) is 12. The Bertz CT molecular complexity index is 1500. The summed E-state index contributed by atoms with van der Waals surface area (Å²) in [6.07, 6.45) is 50.2. The Labute approximate surface area is 541 Å². The summed E-state index contributed by atoms with van der Waals surface area (Å²) in [6, 6.07) is 0. The summed E-state index contributed by atoms with van der Waals surface area (Å²) in [6.45, 7) is 16.4. The lowest BCUT2D eigenvalue weighted by Gasteiger charge is -2.23. The molecule has 0 aromatic carbocycles. The van der Waals surface area contributed by atoms with Crippen LogP contribution in [0, 0.1) is 0 Å². The predicted molar refractivity (Wildman–Crippen MR) is 368 cm³/mol. The molecule has 0 bridgehead atoms. The van der Waals surface area contributed by atoms with Gasteiger partial charge in [-0.3, -0.25) is 38.6 Å². The Kier molecular flexibility index (Phi) is 64.1. The molecule has 518 valence electrons. The normalized spacial score (nSPS) is 11.5. The number of nitrogens with zero attached hydrogens (tertiary/aromatic N) is 4. The molecule has 0 fully saturated rings. The first-order chi connectivity index (χ1) is 42.9. The quantitative estimate of drug-likeness (QED) is 0.0335. The van der Waals surface area contributed by atoms with Crippen molar-refractivity contribution in [1.29, 1.82) is 0 Å². The fraction of sp³-hybridized carbons (Fsp3) is 0.917. The molecule has 0 saturated carbocycles. The van der Waals surface area contributed by atoms with Crippen LogP contribution in [-0.4, -0.2) is 174 Å². The molecule has 16 nitrogen and oxygen atoms in total. The van der Waals surface area contributed by atoms with Crippen molar-refractivity contribution in [2.75, 3.05) is 119 Å². The number of esters is 2. The van der Waals surface area contributed by atoms with Crippen LogP contribution in [0.3, 0.4) is 0 Å². The third kappa shape index (κ3) is 62.8. The van der Waals surface area contributed by atoms with Crippen molar-refractivity contribution in [3.05, 3.63) is 0 Å². The summed E-state index contributed by atoms with van der Waals surface area (Å²) in [4.78, 5) is 85.8. The van der Waals surface area contributed by atoms with Gasteiger partial charge in [0.2, 0.25) is 23.6 Å². The number of nitrogens with one attached hydrogen (secondary N) is 4. The molecule has 4 amide bonds.